The molecule has 0 spiro atoms. The average molecular weight is 350 g/mol. The van der Waals surface area contributed by atoms with E-state index in [0.717, 1.165) is 12.8 Å². The summed E-state index contributed by atoms with van der Waals surface area (Å²) in [6, 6.07) is 0. The first-order chi connectivity index (χ1) is 7.76. The lowest BCUT2D eigenvalue weighted by molar-refractivity contribution is -0.149. The maximum atomic E-state index is 11.1. The molecule has 96 valence electrons. The SMILES string of the molecule is CC(=O)O[C@H]1CC(C)(C)[C@]2(/C=C/I)O[C@]2(C)C1. The summed E-state index contributed by atoms with van der Waals surface area (Å²) in [5.41, 5.74) is -0.379. The first-order valence-electron chi connectivity index (χ1n) is 5.92. The Morgan fingerprint density at radius 1 is 1.41 bits per heavy atom. The number of esters is 1. The molecule has 1 saturated carbocycles. The van der Waals surface area contributed by atoms with Gasteiger partial charge in [-0.15, -0.1) is 0 Å². The first-order valence-corrected chi connectivity index (χ1v) is 7.16. The summed E-state index contributed by atoms with van der Waals surface area (Å²) in [6.45, 7) is 7.95. The van der Waals surface area contributed by atoms with E-state index in [4.69, 9.17) is 9.47 Å². The van der Waals surface area contributed by atoms with E-state index in [1.54, 1.807) is 0 Å². The van der Waals surface area contributed by atoms with Crippen LogP contribution < -0.4 is 0 Å². The number of rotatable bonds is 2. The molecule has 0 amide bonds. The van der Waals surface area contributed by atoms with Gasteiger partial charge in [-0.3, -0.25) is 4.79 Å². The van der Waals surface area contributed by atoms with Crippen LogP contribution in [0.4, 0.5) is 0 Å². The maximum Gasteiger partial charge on any atom is 0.302 e. The summed E-state index contributed by atoms with van der Waals surface area (Å²) in [4.78, 5) is 11.1. The van der Waals surface area contributed by atoms with Crippen LogP contribution in [0.1, 0.15) is 40.5 Å². The Morgan fingerprint density at radius 2 is 2.06 bits per heavy atom. The van der Waals surface area contributed by atoms with Crippen LogP contribution in [0, 0.1) is 5.41 Å². The Balaban J connectivity index is 2.22. The molecule has 2 rings (SSSR count). The highest BCUT2D eigenvalue weighted by Gasteiger charge is 2.75. The van der Waals surface area contributed by atoms with Crippen LogP contribution in [0.2, 0.25) is 0 Å². The van der Waals surface area contributed by atoms with Gasteiger partial charge in [0, 0.05) is 18.8 Å². The fraction of sp³-hybridized carbons (Fsp3) is 0.769. The average Bonchev–Trinajstić information content (AvgIpc) is 2.70. The lowest BCUT2D eigenvalue weighted by atomic mass is 9.63. The fourth-order valence-electron chi connectivity index (χ4n) is 3.45. The Bertz CT molecular complexity index is 377. The van der Waals surface area contributed by atoms with E-state index in [1.165, 1.54) is 6.92 Å². The molecule has 3 atom stereocenters. The van der Waals surface area contributed by atoms with Crippen LogP contribution in [0.5, 0.6) is 0 Å². The predicted octanol–water partition coefficient (Wildman–Crippen LogP) is 3.21. The summed E-state index contributed by atoms with van der Waals surface area (Å²) < 4.78 is 13.4. The number of ether oxygens (including phenoxy) is 2. The topological polar surface area (TPSA) is 38.8 Å². The van der Waals surface area contributed by atoms with Gasteiger partial charge in [-0.25, -0.2) is 0 Å². The van der Waals surface area contributed by atoms with Crippen molar-refractivity contribution in [2.45, 2.75) is 57.8 Å². The van der Waals surface area contributed by atoms with Crippen molar-refractivity contribution in [2.75, 3.05) is 0 Å². The van der Waals surface area contributed by atoms with E-state index in [-0.39, 0.29) is 28.7 Å². The summed E-state index contributed by atoms with van der Waals surface area (Å²) in [5, 5.41) is 0. The van der Waals surface area contributed by atoms with Gasteiger partial charge in [0.15, 0.2) is 0 Å². The number of carbonyl (C=O) groups excluding carboxylic acids is 1. The van der Waals surface area contributed by atoms with Gasteiger partial charge in [0.25, 0.3) is 0 Å². The molecule has 2 fully saturated rings. The van der Waals surface area contributed by atoms with Crippen molar-refractivity contribution in [1.82, 2.24) is 0 Å². The Labute approximate surface area is 116 Å². The first kappa shape index (κ1) is 13.3. The summed E-state index contributed by atoms with van der Waals surface area (Å²) in [7, 11) is 0. The lowest BCUT2D eigenvalue weighted by Crippen LogP contribution is -2.47. The van der Waals surface area contributed by atoms with Gasteiger partial charge in [0.1, 0.15) is 17.3 Å². The molecule has 0 aromatic rings. The third-order valence-electron chi connectivity index (χ3n) is 4.12. The van der Waals surface area contributed by atoms with Crippen molar-refractivity contribution >= 4 is 28.6 Å². The standard InChI is InChI=1S/C13H19IO3/c1-9(15)16-10-7-11(2,3)13(5-6-14)12(4,8-10)17-13/h5-6,10H,7-8H2,1-4H3/b6-5+/t10-,12+,13-/m0/s1. The van der Waals surface area contributed by atoms with E-state index in [1.807, 2.05) is 4.08 Å². The molecule has 1 heterocycles. The smallest absolute Gasteiger partial charge is 0.302 e. The highest BCUT2D eigenvalue weighted by molar-refractivity contribution is 14.1. The molecule has 4 heteroatoms. The molecule has 2 aliphatic rings. The van der Waals surface area contributed by atoms with Crippen LogP contribution in [-0.2, 0) is 14.3 Å². The van der Waals surface area contributed by atoms with Crippen molar-refractivity contribution in [1.29, 1.82) is 0 Å². The van der Waals surface area contributed by atoms with Gasteiger partial charge >= 0.3 is 5.97 Å². The second-order valence-electron chi connectivity index (χ2n) is 5.88. The Morgan fingerprint density at radius 3 is 2.53 bits per heavy atom. The highest BCUT2D eigenvalue weighted by Crippen LogP contribution is 2.66. The lowest BCUT2D eigenvalue weighted by Gasteiger charge is -2.40. The quantitative estimate of drug-likeness (QED) is 0.436. The summed E-state index contributed by atoms with van der Waals surface area (Å²) in [5.74, 6) is -0.202. The monoisotopic (exact) mass is 350 g/mol. The van der Waals surface area contributed by atoms with E-state index >= 15 is 0 Å². The van der Waals surface area contributed by atoms with Gasteiger partial charge in [0.05, 0.1) is 0 Å². The van der Waals surface area contributed by atoms with Crippen LogP contribution >= 0.6 is 22.6 Å². The Hall–Kier alpha value is -0.100. The summed E-state index contributed by atoms with van der Waals surface area (Å²) >= 11 is 2.23. The minimum Gasteiger partial charge on any atom is -0.462 e. The van der Waals surface area contributed by atoms with E-state index in [0.29, 0.717) is 0 Å². The molecule has 17 heavy (non-hydrogen) atoms. The molecule has 1 aliphatic carbocycles. The minimum atomic E-state index is -0.202. The zero-order valence-corrected chi connectivity index (χ0v) is 12.9. The zero-order valence-electron chi connectivity index (χ0n) is 10.7. The van der Waals surface area contributed by atoms with Crippen molar-refractivity contribution in [3.05, 3.63) is 10.2 Å². The van der Waals surface area contributed by atoms with E-state index in [9.17, 15) is 4.79 Å². The van der Waals surface area contributed by atoms with Crippen LogP contribution in [0.25, 0.3) is 0 Å². The molecule has 0 N–H and O–H groups in total. The summed E-state index contributed by atoms with van der Waals surface area (Å²) in [6.07, 6.45) is 3.77. The second-order valence-corrected chi connectivity index (χ2v) is 6.60. The number of hydrogen-bond donors (Lipinski definition) is 0. The molecule has 1 aliphatic heterocycles. The van der Waals surface area contributed by atoms with Crippen LogP contribution in [0.3, 0.4) is 0 Å². The van der Waals surface area contributed by atoms with Gasteiger partial charge in [-0.2, -0.15) is 0 Å². The van der Waals surface area contributed by atoms with E-state index < -0.39 is 0 Å². The number of fused-ring (bicyclic) bond motifs is 1. The van der Waals surface area contributed by atoms with Gasteiger partial charge in [0.2, 0.25) is 0 Å². The number of halogens is 1. The largest absolute Gasteiger partial charge is 0.462 e. The fourth-order valence-corrected chi connectivity index (χ4v) is 3.95. The molecular weight excluding hydrogens is 331 g/mol. The van der Waals surface area contributed by atoms with E-state index in [2.05, 4.69) is 49.4 Å². The highest BCUT2D eigenvalue weighted by atomic mass is 127. The van der Waals surface area contributed by atoms with Gasteiger partial charge in [-0.1, -0.05) is 36.4 Å². The molecule has 0 bridgehead atoms. The minimum absolute atomic E-state index is 0.0121. The third-order valence-corrected chi connectivity index (χ3v) is 4.48. The van der Waals surface area contributed by atoms with Crippen molar-refractivity contribution in [2.24, 2.45) is 5.41 Å². The van der Waals surface area contributed by atoms with Gasteiger partial charge in [-0.05, 0) is 23.5 Å². The zero-order chi connectivity index (χ0) is 12.9. The van der Waals surface area contributed by atoms with Gasteiger partial charge < -0.3 is 9.47 Å². The second kappa shape index (κ2) is 3.95. The van der Waals surface area contributed by atoms with Crippen LogP contribution in [0.15, 0.2) is 10.2 Å². The van der Waals surface area contributed by atoms with Crippen LogP contribution in [-0.4, -0.2) is 23.3 Å². The maximum absolute atomic E-state index is 11.1. The Kier molecular flexibility index (Phi) is 3.10. The molecule has 0 aromatic heterocycles. The molecule has 1 saturated heterocycles. The number of hydrogen-bond acceptors (Lipinski definition) is 3. The predicted molar refractivity (Wildman–Crippen MR) is 74.0 cm³/mol. The third kappa shape index (κ3) is 1.93. The molecule has 0 aromatic carbocycles. The van der Waals surface area contributed by atoms with Crippen molar-refractivity contribution in [3.8, 4) is 0 Å². The molecule has 0 unspecified atom stereocenters. The number of carbonyl (C=O) groups is 1. The normalized spacial score (nSPS) is 43.2. The van der Waals surface area contributed by atoms with Crippen molar-refractivity contribution in [3.63, 3.8) is 0 Å². The molecule has 0 radical (unpaired) electrons. The molecule has 3 nitrogen and oxygen atoms in total. The van der Waals surface area contributed by atoms with Crippen molar-refractivity contribution < 1.29 is 14.3 Å². The molecular formula is C13H19IO3. The number of epoxide rings is 1.